The van der Waals surface area contributed by atoms with E-state index in [0.29, 0.717) is 27.5 Å². The highest BCUT2D eigenvalue weighted by atomic mass is 79.9. The molecule has 2 heterocycles. The molecule has 8 heteroatoms. The second-order valence-electron chi connectivity index (χ2n) is 6.90. The molecule has 3 aromatic rings. The maximum absolute atomic E-state index is 13.5. The molecule has 4 rings (SSSR count). The fourth-order valence-corrected chi connectivity index (χ4v) is 4.27. The van der Waals surface area contributed by atoms with Crippen LogP contribution in [0.4, 0.5) is 4.79 Å². The van der Waals surface area contributed by atoms with Crippen LogP contribution in [0.15, 0.2) is 46.9 Å². The third kappa shape index (κ3) is 3.34. The predicted molar refractivity (Wildman–Crippen MR) is 110 cm³/mol. The molecule has 1 unspecified atom stereocenters. The number of carboxylic acids is 1. The lowest BCUT2D eigenvalue weighted by Gasteiger charge is -2.15. The summed E-state index contributed by atoms with van der Waals surface area (Å²) in [6, 6.07) is 10.6. The highest BCUT2D eigenvalue weighted by Crippen LogP contribution is 2.36. The van der Waals surface area contributed by atoms with Gasteiger partial charge in [0, 0.05) is 21.5 Å². The van der Waals surface area contributed by atoms with E-state index < -0.39 is 17.8 Å². The van der Waals surface area contributed by atoms with Crippen LogP contribution in [0, 0.1) is 0 Å². The first kappa shape index (κ1) is 19.4. The summed E-state index contributed by atoms with van der Waals surface area (Å²) < 4.78 is 1.88. The van der Waals surface area contributed by atoms with E-state index in [9.17, 15) is 24.6 Å². The Labute approximate surface area is 174 Å². The number of rotatable bonds is 4. The summed E-state index contributed by atoms with van der Waals surface area (Å²) in [6.45, 7) is 0.734. The molecule has 1 saturated heterocycles. The number of carbonyl (C=O) groups excluding carboxylic acids is 1. The van der Waals surface area contributed by atoms with Gasteiger partial charge in [0.1, 0.15) is 0 Å². The quantitative estimate of drug-likeness (QED) is 0.505. The van der Waals surface area contributed by atoms with Crippen LogP contribution in [0.2, 0.25) is 0 Å². The number of aromatic carboxylic acids is 1. The van der Waals surface area contributed by atoms with Crippen molar-refractivity contribution >= 4 is 44.7 Å². The fourth-order valence-electron chi connectivity index (χ4n) is 3.91. The van der Waals surface area contributed by atoms with Gasteiger partial charge in [-0.05, 0) is 49.7 Å². The van der Waals surface area contributed by atoms with E-state index in [-0.39, 0.29) is 22.7 Å². The van der Waals surface area contributed by atoms with Gasteiger partial charge in [-0.3, -0.25) is 4.79 Å². The van der Waals surface area contributed by atoms with Gasteiger partial charge in [-0.2, -0.15) is 0 Å². The Morgan fingerprint density at radius 2 is 1.83 bits per heavy atom. The molecule has 1 fully saturated rings. The largest absolute Gasteiger partial charge is 0.478 e. The van der Waals surface area contributed by atoms with Crippen LogP contribution in [-0.2, 0) is 0 Å². The molecule has 7 nitrogen and oxygen atoms in total. The number of hydrogen-bond donors (Lipinski definition) is 3. The molecule has 0 aliphatic carbocycles. The van der Waals surface area contributed by atoms with Crippen LogP contribution in [0.5, 0.6) is 0 Å². The second kappa shape index (κ2) is 7.46. The average Bonchev–Trinajstić information content (AvgIpc) is 3.32. The Bertz CT molecular complexity index is 1160. The molecule has 1 atom stereocenters. The Morgan fingerprint density at radius 3 is 2.48 bits per heavy atom. The van der Waals surface area contributed by atoms with Gasteiger partial charge in [0.2, 0.25) is 0 Å². The maximum Gasteiger partial charge on any atom is 0.416 e. The summed E-state index contributed by atoms with van der Waals surface area (Å²) in [5.74, 6) is -1.53. The van der Waals surface area contributed by atoms with Crippen LogP contribution < -0.4 is 5.32 Å². The van der Waals surface area contributed by atoms with Gasteiger partial charge in [0.25, 0.3) is 0 Å². The van der Waals surface area contributed by atoms with E-state index in [0.717, 1.165) is 13.0 Å². The number of halogens is 1. The zero-order valence-corrected chi connectivity index (χ0v) is 16.8. The Kier molecular flexibility index (Phi) is 4.97. The third-order valence-electron chi connectivity index (χ3n) is 5.15. The molecular formula is C21H17BrN2O5. The zero-order valence-electron chi connectivity index (χ0n) is 15.2. The first-order chi connectivity index (χ1) is 13.9. The van der Waals surface area contributed by atoms with Gasteiger partial charge in [-0.25, -0.2) is 14.2 Å². The van der Waals surface area contributed by atoms with E-state index in [1.807, 2.05) is 0 Å². The normalized spacial score (nSPS) is 16.2. The maximum atomic E-state index is 13.5. The Morgan fingerprint density at radius 1 is 1.07 bits per heavy atom. The molecule has 1 aliphatic rings. The highest BCUT2D eigenvalue weighted by molar-refractivity contribution is 9.10. The van der Waals surface area contributed by atoms with Crippen LogP contribution in [0.3, 0.4) is 0 Å². The van der Waals surface area contributed by atoms with Crippen molar-refractivity contribution < 1.29 is 24.6 Å². The number of benzene rings is 2. The van der Waals surface area contributed by atoms with Gasteiger partial charge < -0.3 is 15.5 Å². The van der Waals surface area contributed by atoms with E-state index >= 15 is 0 Å². The summed E-state index contributed by atoms with van der Waals surface area (Å²) in [6.07, 6.45) is 0.414. The predicted octanol–water partition coefficient (Wildman–Crippen LogP) is 4.28. The first-order valence-corrected chi connectivity index (χ1v) is 9.86. The van der Waals surface area contributed by atoms with Crippen molar-refractivity contribution in [2.24, 2.45) is 0 Å². The Hall–Kier alpha value is -2.97. The molecule has 0 radical (unpaired) electrons. The number of carbonyl (C=O) groups is 3. The van der Waals surface area contributed by atoms with Crippen LogP contribution in [0.1, 0.15) is 50.9 Å². The molecule has 1 aliphatic heterocycles. The summed E-state index contributed by atoms with van der Waals surface area (Å²) in [5.41, 5.74) is 1.30. The number of ketones is 1. The average molecular weight is 457 g/mol. The molecule has 148 valence electrons. The lowest BCUT2D eigenvalue weighted by atomic mass is 9.96. The van der Waals surface area contributed by atoms with E-state index in [2.05, 4.69) is 21.2 Å². The lowest BCUT2D eigenvalue weighted by molar-refractivity contribution is 0.0696. The third-order valence-corrected chi connectivity index (χ3v) is 5.64. The Balaban J connectivity index is 2.02. The molecule has 0 amide bonds. The first-order valence-electron chi connectivity index (χ1n) is 9.07. The molecule has 0 saturated carbocycles. The minimum atomic E-state index is -1.17. The van der Waals surface area contributed by atoms with Crippen LogP contribution in [0.25, 0.3) is 10.9 Å². The fraction of sp³-hybridized carbons (Fsp3) is 0.190. The molecule has 29 heavy (non-hydrogen) atoms. The number of aromatic nitrogens is 1. The van der Waals surface area contributed by atoms with Gasteiger partial charge in [0.15, 0.2) is 5.78 Å². The molecule has 0 spiro atoms. The van der Waals surface area contributed by atoms with Gasteiger partial charge in [0.05, 0.1) is 22.3 Å². The highest BCUT2D eigenvalue weighted by Gasteiger charge is 2.32. The minimum Gasteiger partial charge on any atom is -0.478 e. The van der Waals surface area contributed by atoms with E-state index in [4.69, 9.17) is 0 Å². The van der Waals surface area contributed by atoms with Crippen LogP contribution >= 0.6 is 15.9 Å². The van der Waals surface area contributed by atoms with E-state index in [1.165, 1.54) is 22.8 Å². The summed E-state index contributed by atoms with van der Waals surface area (Å²) >= 11 is 3.40. The molecule has 3 N–H and O–H groups in total. The van der Waals surface area contributed by atoms with Crippen LogP contribution in [-0.4, -0.2) is 39.2 Å². The lowest BCUT2D eigenvalue weighted by Crippen LogP contribution is -2.23. The van der Waals surface area contributed by atoms with Gasteiger partial charge in [-0.15, -0.1) is 0 Å². The summed E-state index contributed by atoms with van der Waals surface area (Å²) in [5, 5.41) is 23.0. The summed E-state index contributed by atoms with van der Waals surface area (Å²) in [7, 11) is 0. The number of hydrogen-bond acceptors (Lipinski definition) is 4. The monoisotopic (exact) mass is 456 g/mol. The molecular weight excluding hydrogens is 440 g/mol. The smallest absolute Gasteiger partial charge is 0.416 e. The number of nitrogens with one attached hydrogen (secondary N) is 1. The van der Waals surface area contributed by atoms with Crippen molar-refractivity contribution in [3.63, 3.8) is 0 Å². The zero-order chi connectivity index (χ0) is 20.7. The van der Waals surface area contributed by atoms with Crippen molar-refractivity contribution in [2.45, 2.75) is 18.9 Å². The van der Waals surface area contributed by atoms with Crippen molar-refractivity contribution in [1.29, 1.82) is 0 Å². The topological polar surface area (TPSA) is 109 Å². The van der Waals surface area contributed by atoms with Crippen molar-refractivity contribution in [3.8, 4) is 0 Å². The number of carboxylic acid groups (broad SMARTS) is 2. The standard InChI is InChI=1S/C21H17BrN2O5/c22-13-6-7-16-14(10-13)17(18(24(16)21(28)29)15-5-2-8-23-15)19(25)11-3-1-4-12(9-11)20(26)27/h1,3-4,6-7,9-10,15,23H,2,5,8H2,(H,26,27)(H,28,29). The molecule has 2 aromatic carbocycles. The molecule has 0 bridgehead atoms. The number of fused-ring (bicyclic) bond motifs is 1. The number of nitrogens with zero attached hydrogens (tertiary/aromatic N) is 1. The van der Waals surface area contributed by atoms with Gasteiger partial charge >= 0.3 is 12.1 Å². The minimum absolute atomic E-state index is 0.000422. The SMILES string of the molecule is O=C(O)c1cccc(C(=O)c2c(C3CCCN3)n(C(=O)O)c3ccc(Br)cc23)c1. The summed E-state index contributed by atoms with van der Waals surface area (Å²) in [4.78, 5) is 37.0. The molecule has 1 aromatic heterocycles. The van der Waals surface area contributed by atoms with E-state index in [1.54, 1.807) is 24.3 Å². The van der Waals surface area contributed by atoms with Gasteiger partial charge in [-0.1, -0.05) is 28.1 Å². The van der Waals surface area contributed by atoms with Crippen molar-refractivity contribution in [3.05, 3.63) is 69.3 Å². The van der Waals surface area contributed by atoms with Crippen molar-refractivity contribution in [2.75, 3.05) is 6.54 Å². The van der Waals surface area contributed by atoms with Crippen molar-refractivity contribution in [1.82, 2.24) is 9.88 Å². The second-order valence-corrected chi connectivity index (χ2v) is 7.82.